The van der Waals surface area contributed by atoms with Gasteiger partial charge in [-0.05, 0) is 37.8 Å². The molecule has 3 heterocycles. The second kappa shape index (κ2) is 6.38. The van der Waals surface area contributed by atoms with Gasteiger partial charge in [0.25, 0.3) is 5.91 Å². The van der Waals surface area contributed by atoms with Gasteiger partial charge in [-0.2, -0.15) is 0 Å². The number of carbonyl (C=O) groups is 1. The molecule has 1 N–H and O–H groups in total. The molecule has 0 atom stereocenters. The van der Waals surface area contributed by atoms with Gasteiger partial charge in [0.05, 0.1) is 17.0 Å². The number of hydrogen-bond donors (Lipinski definition) is 1. The number of pyridine rings is 1. The molecule has 7 nitrogen and oxygen atoms in total. The molecule has 2 aromatic heterocycles. The van der Waals surface area contributed by atoms with Crippen LogP contribution in [0.4, 0.5) is 17.2 Å². The van der Waals surface area contributed by atoms with Gasteiger partial charge in [0.15, 0.2) is 18.1 Å². The minimum atomic E-state index is -0.0667. The fourth-order valence-electron chi connectivity index (χ4n) is 3.48. The maximum atomic E-state index is 11.8. The molecule has 1 amide bonds. The van der Waals surface area contributed by atoms with Gasteiger partial charge < -0.3 is 19.5 Å². The number of likely N-dealkylation sites (N-methyl/N-ethyl adjacent to an activating group) is 1. The smallest absolute Gasteiger partial charge is 0.264 e. The first-order chi connectivity index (χ1) is 13.5. The Labute approximate surface area is 167 Å². The van der Waals surface area contributed by atoms with Crippen LogP contribution < -0.4 is 15.0 Å². The number of aromatic nitrogens is 3. The summed E-state index contributed by atoms with van der Waals surface area (Å²) in [5.74, 6) is 1.90. The predicted octanol–water partition coefficient (Wildman–Crippen LogP) is 3.90. The van der Waals surface area contributed by atoms with Crippen LogP contribution in [0.1, 0.15) is 18.4 Å². The van der Waals surface area contributed by atoms with Crippen molar-refractivity contribution in [2.24, 2.45) is 5.92 Å². The van der Waals surface area contributed by atoms with Crippen LogP contribution in [-0.4, -0.2) is 34.1 Å². The summed E-state index contributed by atoms with van der Waals surface area (Å²) in [6.45, 7) is 2.94. The molecule has 0 radical (unpaired) electrons. The number of halogens is 1. The number of aryl methyl sites for hydroxylation is 1. The van der Waals surface area contributed by atoms with Gasteiger partial charge in [0, 0.05) is 30.9 Å². The maximum Gasteiger partial charge on any atom is 0.264 e. The lowest BCUT2D eigenvalue weighted by atomic mass is 10.2. The summed E-state index contributed by atoms with van der Waals surface area (Å²) in [6.07, 6.45) is 4.38. The minimum Gasteiger partial charge on any atom is -0.481 e. The molecule has 8 heteroatoms. The predicted molar refractivity (Wildman–Crippen MR) is 109 cm³/mol. The SMILES string of the molecule is Cc1c(Cl)c(Nc2ccc3c(c2)OCC(=O)N3C)nc2c1ncn2CC1CC1. The van der Waals surface area contributed by atoms with E-state index in [1.165, 1.54) is 12.8 Å². The molecule has 2 aliphatic rings. The third-order valence-electron chi connectivity index (χ3n) is 5.38. The number of ether oxygens (including phenoxy) is 1. The van der Waals surface area contributed by atoms with E-state index in [9.17, 15) is 4.79 Å². The zero-order chi connectivity index (χ0) is 19.4. The van der Waals surface area contributed by atoms with Gasteiger partial charge in [0.2, 0.25) is 0 Å². The molecule has 3 aromatic rings. The van der Waals surface area contributed by atoms with E-state index in [4.69, 9.17) is 21.3 Å². The van der Waals surface area contributed by atoms with Gasteiger partial charge in [-0.15, -0.1) is 0 Å². The molecule has 5 rings (SSSR count). The van der Waals surface area contributed by atoms with Crippen LogP contribution in [0.25, 0.3) is 11.2 Å². The van der Waals surface area contributed by atoms with Crippen LogP contribution in [-0.2, 0) is 11.3 Å². The van der Waals surface area contributed by atoms with Crippen LogP contribution in [0, 0.1) is 12.8 Å². The van der Waals surface area contributed by atoms with Gasteiger partial charge >= 0.3 is 0 Å². The number of hydrogen-bond acceptors (Lipinski definition) is 5. The summed E-state index contributed by atoms with van der Waals surface area (Å²) in [4.78, 5) is 22.6. The molecule has 1 aliphatic carbocycles. The number of benzene rings is 1. The third kappa shape index (κ3) is 2.86. The van der Waals surface area contributed by atoms with Crippen molar-refractivity contribution in [2.75, 3.05) is 23.9 Å². The van der Waals surface area contributed by atoms with Gasteiger partial charge in [-0.3, -0.25) is 4.79 Å². The quantitative estimate of drug-likeness (QED) is 0.722. The first-order valence-electron chi connectivity index (χ1n) is 9.32. The number of nitrogens with zero attached hydrogens (tertiary/aromatic N) is 4. The van der Waals surface area contributed by atoms with Crippen LogP contribution in [0.5, 0.6) is 5.75 Å². The molecule has 28 heavy (non-hydrogen) atoms. The summed E-state index contributed by atoms with van der Waals surface area (Å²) in [7, 11) is 1.74. The third-order valence-corrected chi connectivity index (χ3v) is 5.84. The number of nitrogens with one attached hydrogen (secondary N) is 1. The van der Waals surface area contributed by atoms with Crippen molar-refractivity contribution in [3.05, 3.63) is 35.1 Å². The van der Waals surface area contributed by atoms with Crippen molar-refractivity contribution >= 4 is 45.9 Å². The van der Waals surface area contributed by atoms with Gasteiger partial charge in [-0.25, -0.2) is 9.97 Å². The van der Waals surface area contributed by atoms with E-state index < -0.39 is 0 Å². The second-order valence-electron chi connectivity index (χ2n) is 7.46. The first-order valence-corrected chi connectivity index (χ1v) is 9.70. The first kappa shape index (κ1) is 17.3. The number of amides is 1. The molecule has 0 saturated heterocycles. The zero-order valence-electron chi connectivity index (χ0n) is 15.7. The summed E-state index contributed by atoms with van der Waals surface area (Å²) in [5.41, 5.74) is 4.13. The molecule has 144 valence electrons. The number of imidazole rings is 1. The van der Waals surface area contributed by atoms with Gasteiger partial charge in [-0.1, -0.05) is 11.6 Å². The monoisotopic (exact) mass is 397 g/mol. The van der Waals surface area contributed by atoms with Crippen molar-refractivity contribution in [2.45, 2.75) is 26.3 Å². The van der Waals surface area contributed by atoms with E-state index in [0.717, 1.165) is 40.6 Å². The molecule has 1 aromatic carbocycles. The number of anilines is 3. The van der Waals surface area contributed by atoms with E-state index in [0.29, 0.717) is 16.6 Å². The number of fused-ring (bicyclic) bond motifs is 2. The van der Waals surface area contributed by atoms with E-state index in [1.54, 1.807) is 11.9 Å². The Hall–Kier alpha value is -2.80. The molecular weight excluding hydrogens is 378 g/mol. The molecule has 0 spiro atoms. The lowest BCUT2D eigenvalue weighted by molar-refractivity contribution is -0.120. The molecule has 1 aliphatic heterocycles. The average molecular weight is 398 g/mol. The molecule has 1 saturated carbocycles. The van der Waals surface area contributed by atoms with Crippen LogP contribution in [0.15, 0.2) is 24.5 Å². The van der Waals surface area contributed by atoms with Gasteiger partial charge in [0.1, 0.15) is 11.3 Å². The molecule has 0 unspecified atom stereocenters. The highest BCUT2D eigenvalue weighted by atomic mass is 35.5. The average Bonchev–Trinajstić information content (AvgIpc) is 3.42. The van der Waals surface area contributed by atoms with E-state index in [1.807, 2.05) is 31.5 Å². The lowest BCUT2D eigenvalue weighted by Gasteiger charge is -2.26. The van der Waals surface area contributed by atoms with Crippen LogP contribution >= 0.6 is 11.6 Å². The summed E-state index contributed by atoms with van der Waals surface area (Å²) < 4.78 is 7.68. The van der Waals surface area contributed by atoms with E-state index >= 15 is 0 Å². The topological polar surface area (TPSA) is 72.3 Å². The van der Waals surface area contributed by atoms with Crippen LogP contribution in [0.3, 0.4) is 0 Å². The molecule has 1 fully saturated rings. The minimum absolute atomic E-state index is 0.0391. The Morgan fingerprint density at radius 2 is 2.18 bits per heavy atom. The summed E-state index contributed by atoms with van der Waals surface area (Å²) in [5, 5.41) is 3.85. The fraction of sp³-hybridized carbons (Fsp3) is 0.350. The Morgan fingerprint density at radius 3 is 2.96 bits per heavy atom. The van der Waals surface area contributed by atoms with E-state index in [-0.39, 0.29) is 12.5 Å². The highest BCUT2D eigenvalue weighted by Crippen LogP contribution is 2.37. The summed E-state index contributed by atoms with van der Waals surface area (Å²) >= 11 is 6.58. The van der Waals surface area contributed by atoms with Crippen molar-refractivity contribution in [3.63, 3.8) is 0 Å². The van der Waals surface area contributed by atoms with Crippen LogP contribution in [0.2, 0.25) is 5.02 Å². The highest BCUT2D eigenvalue weighted by molar-refractivity contribution is 6.34. The fourth-order valence-corrected chi connectivity index (χ4v) is 3.66. The summed E-state index contributed by atoms with van der Waals surface area (Å²) in [6, 6.07) is 5.60. The second-order valence-corrected chi connectivity index (χ2v) is 7.84. The highest BCUT2D eigenvalue weighted by Gasteiger charge is 2.25. The molecule has 0 bridgehead atoms. The standard InChI is InChI=1S/C20H20ClN5O2/c1-11-17(21)19(24-20-18(11)22-10-26(20)8-12-3-4-12)23-13-5-6-14-15(7-13)28-9-16(27)25(14)2/h5-7,10,12H,3-4,8-9H2,1-2H3,(H,23,24). The van der Waals surface area contributed by atoms with Crippen molar-refractivity contribution in [3.8, 4) is 5.75 Å². The Bertz CT molecular complexity index is 1110. The lowest BCUT2D eigenvalue weighted by Crippen LogP contribution is -2.35. The van der Waals surface area contributed by atoms with Crippen molar-refractivity contribution < 1.29 is 9.53 Å². The Balaban J connectivity index is 1.51. The largest absolute Gasteiger partial charge is 0.481 e. The normalized spacial score (nSPS) is 16.2. The maximum absolute atomic E-state index is 11.8. The van der Waals surface area contributed by atoms with E-state index in [2.05, 4.69) is 14.9 Å². The van der Waals surface area contributed by atoms with Crippen molar-refractivity contribution in [1.29, 1.82) is 0 Å². The van der Waals surface area contributed by atoms with Crippen molar-refractivity contribution in [1.82, 2.24) is 14.5 Å². The number of carbonyl (C=O) groups excluding carboxylic acids is 1. The zero-order valence-corrected chi connectivity index (χ0v) is 16.5. The molecular formula is C20H20ClN5O2. The Morgan fingerprint density at radius 1 is 1.36 bits per heavy atom. The number of rotatable bonds is 4. The Kier molecular flexibility index (Phi) is 3.94.